The monoisotopic (exact) mass is 381 g/mol. The molecule has 2 rings (SSSR count). The summed E-state index contributed by atoms with van der Waals surface area (Å²) in [7, 11) is 2.84. The third-order valence-corrected chi connectivity index (χ3v) is 3.62. The molecule has 0 bridgehead atoms. The summed E-state index contributed by atoms with van der Waals surface area (Å²) in [5, 5.41) is 16.4. The van der Waals surface area contributed by atoms with Gasteiger partial charge in [0.25, 0.3) is 11.6 Å². The molecule has 10 heteroatoms. The van der Waals surface area contributed by atoms with Gasteiger partial charge < -0.3 is 20.1 Å². The highest BCUT2D eigenvalue weighted by atomic mass is 19.3. The van der Waals surface area contributed by atoms with Crippen LogP contribution in [0.2, 0.25) is 0 Å². The van der Waals surface area contributed by atoms with E-state index in [0.29, 0.717) is 5.56 Å². The Bertz CT molecular complexity index is 845. The smallest absolute Gasteiger partial charge is 0.387 e. The second kappa shape index (κ2) is 8.79. The van der Waals surface area contributed by atoms with Crippen LogP contribution >= 0.6 is 0 Å². The summed E-state index contributed by atoms with van der Waals surface area (Å²) >= 11 is 0. The van der Waals surface area contributed by atoms with Crippen LogP contribution in [0.15, 0.2) is 36.4 Å². The predicted octanol–water partition coefficient (Wildman–Crippen LogP) is 3.18. The van der Waals surface area contributed by atoms with E-state index in [1.807, 2.05) is 0 Å². The zero-order valence-corrected chi connectivity index (χ0v) is 14.5. The number of nitro groups is 1. The van der Waals surface area contributed by atoms with E-state index in [1.54, 1.807) is 0 Å². The maximum Gasteiger partial charge on any atom is 0.387 e. The Labute approximate surface area is 153 Å². The lowest BCUT2D eigenvalue weighted by atomic mass is 10.1. The summed E-state index contributed by atoms with van der Waals surface area (Å²) in [4.78, 5) is 22.7. The minimum atomic E-state index is -2.99. The number of carbonyl (C=O) groups is 1. The van der Waals surface area contributed by atoms with Gasteiger partial charge in [-0.1, -0.05) is 6.07 Å². The molecular weight excluding hydrogens is 364 g/mol. The van der Waals surface area contributed by atoms with Crippen LogP contribution in [0.1, 0.15) is 15.9 Å². The summed E-state index contributed by atoms with van der Waals surface area (Å²) in [6.07, 6.45) is 0. The first-order valence-corrected chi connectivity index (χ1v) is 7.71. The van der Waals surface area contributed by atoms with Gasteiger partial charge in [-0.25, -0.2) is 0 Å². The molecular formula is C17H17F2N3O5. The Morgan fingerprint density at radius 2 is 1.96 bits per heavy atom. The number of amides is 1. The lowest BCUT2D eigenvalue weighted by Crippen LogP contribution is -2.23. The van der Waals surface area contributed by atoms with Crippen LogP contribution < -0.4 is 20.1 Å². The number of nitro benzene ring substituents is 1. The number of carbonyl (C=O) groups excluding carboxylic acids is 1. The van der Waals surface area contributed by atoms with Crippen LogP contribution in [-0.2, 0) is 6.54 Å². The number of rotatable bonds is 8. The van der Waals surface area contributed by atoms with Gasteiger partial charge in [-0.05, 0) is 29.8 Å². The van der Waals surface area contributed by atoms with Gasteiger partial charge in [0, 0.05) is 25.2 Å². The molecule has 2 aromatic rings. The molecule has 0 unspecified atom stereocenters. The standard InChI is InChI=1S/C17H17F2N3O5/c1-20-12-5-4-11(8-13(12)22(24)25)16(23)21-9-10-3-6-14(27-17(18)19)15(7-10)26-2/h3-8,17,20H,9H2,1-2H3,(H,21,23). The number of anilines is 1. The van der Waals surface area contributed by atoms with Crippen LogP contribution in [0.3, 0.4) is 0 Å². The van der Waals surface area contributed by atoms with Gasteiger partial charge in [-0.3, -0.25) is 14.9 Å². The van der Waals surface area contributed by atoms with Crippen molar-refractivity contribution < 1.29 is 28.0 Å². The number of ether oxygens (including phenoxy) is 2. The molecule has 2 N–H and O–H groups in total. The van der Waals surface area contributed by atoms with Crippen LogP contribution in [0.25, 0.3) is 0 Å². The number of benzene rings is 2. The van der Waals surface area contributed by atoms with Gasteiger partial charge in [0.05, 0.1) is 12.0 Å². The zero-order chi connectivity index (χ0) is 20.0. The molecule has 0 radical (unpaired) electrons. The highest BCUT2D eigenvalue weighted by Gasteiger charge is 2.17. The van der Waals surface area contributed by atoms with Crippen molar-refractivity contribution in [3.8, 4) is 11.5 Å². The van der Waals surface area contributed by atoms with Crippen LogP contribution in [-0.4, -0.2) is 31.6 Å². The third kappa shape index (κ3) is 5.03. The van der Waals surface area contributed by atoms with Gasteiger partial charge in [-0.15, -0.1) is 0 Å². The lowest BCUT2D eigenvalue weighted by molar-refractivity contribution is -0.384. The highest BCUT2D eigenvalue weighted by molar-refractivity contribution is 5.95. The number of hydrogen-bond donors (Lipinski definition) is 2. The minimum Gasteiger partial charge on any atom is -0.493 e. The molecule has 1 amide bonds. The molecule has 0 heterocycles. The first kappa shape index (κ1) is 19.9. The average molecular weight is 381 g/mol. The molecule has 0 aliphatic carbocycles. The molecule has 0 aliphatic rings. The summed E-state index contributed by atoms with van der Waals surface area (Å²) < 4.78 is 34.0. The van der Waals surface area contributed by atoms with Crippen molar-refractivity contribution in [2.45, 2.75) is 13.2 Å². The molecule has 2 aromatic carbocycles. The van der Waals surface area contributed by atoms with E-state index in [4.69, 9.17) is 4.74 Å². The topological polar surface area (TPSA) is 103 Å². The first-order chi connectivity index (χ1) is 12.8. The number of alkyl halides is 2. The van der Waals surface area contributed by atoms with Crippen LogP contribution in [0.5, 0.6) is 11.5 Å². The number of halogens is 2. The Morgan fingerprint density at radius 1 is 1.22 bits per heavy atom. The first-order valence-electron chi connectivity index (χ1n) is 7.71. The van der Waals surface area contributed by atoms with Crippen LogP contribution in [0.4, 0.5) is 20.2 Å². The van der Waals surface area contributed by atoms with Crippen molar-refractivity contribution in [3.05, 3.63) is 57.6 Å². The van der Waals surface area contributed by atoms with Crippen LogP contribution in [0, 0.1) is 10.1 Å². The van der Waals surface area contributed by atoms with Crippen molar-refractivity contribution in [2.24, 2.45) is 0 Å². The molecule has 0 aromatic heterocycles. The van der Waals surface area contributed by atoms with Gasteiger partial charge in [0.1, 0.15) is 5.69 Å². The van der Waals surface area contributed by atoms with Gasteiger partial charge >= 0.3 is 6.61 Å². The molecule has 0 spiro atoms. The Morgan fingerprint density at radius 3 is 2.56 bits per heavy atom. The predicted molar refractivity (Wildman–Crippen MR) is 93.4 cm³/mol. The van der Waals surface area contributed by atoms with E-state index in [2.05, 4.69) is 15.4 Å². The van der Waals surface area contributed by atoms with E-state index in [1.165, 1.54) is 50.6 Å². The van der Waals surface area contributed by atoms with E-state index < -0.39 is 17.4 Å². The fourth-order valence-electron chi connectivity index (χ4n) is 2.34. The highest BCUT2D eigenvalue weighted by Crippen LogP contribution is 2.29. The van der Waals surface area contributed by atoms with Gasteiger partial charge in [0.15, 0.2) is 11.5 Å². The molecule has 0 aliphatic heterocycles. The molecule has 0 saturated heterocycles. The maximum atomic E-state index is 12.3. The SMILES string of the molecule is CNc1ccc(C(=O)NCc2ccc(OC(F)F)c(OC)c2)cc1[N+](=O)[O-]. The molecule has 0 atom stereocenters. The number of methoxy groups -OCH3 is 1. The normalized spacial score (nSPS) is 10.4. The Hall–Kier alpha value is -3.43. The van der Waals surface area contributed by atoms with Crippen molar-refractivity contribution in [1.82, 2.24) is 5.32 Å². The average Bonchev–Trinajstić information content (AvgIpc) is 2.65. The summed E-state index contributed by atoms with van der Waals surface area (Å²) in [5.74, 6) is -0.551. The second-order valence-electron chi connectivity index (χ2n) is 5.29. The molecule has 0 fully saturated rings. The Kier molecular flexibility index (Phi) is 6.47. The maximum absolute atomic E-state index is 12.3. The number of nitrogens with one attached hydrogen (secondary N) is 2. The van der Waals surface area contributed by atoms with E-state index in [0.717, 1.165) is 0 Å². The van der Waals surface area contributed by atoms with Crippen molar-refractivity contribution >= 4 is 17.3 Å². The van der Waals surface area contributed by atoms with Crippen molar-refractivity contribution in [1.29, 1.82) is 0 Å². The summed E-state index contributed by atoms with van der Waals surface area (Å²) in [6, 6.07) is 8.30. The van der Waals surface area contributed by atoms with Crippen molar-refractivity contribution in [2.75, 3.05) is 19.5 Å². The fraction of sp³-hybridized carbons (Fsp3) is 0.235. The minimum absolute atomic E-state index is 0.0612. The Balaban J connectivity index is 2.11. The molecule has 144 valence electrons. The second-order valence-corrected chi connectivity index (χ2v) is 5.29. The van der Waals surface area contributed by atoms with Gasteiger partial charge in [-0.2, -0.15) is 8.78 Å². The zero-order valence-electron chi connectivity index (χ0n) is 14.5. The number of nitrogens with zero attached hydrogens (tertiary/aromatic N) is 1. The fourth-order valence-corrected chi connectivity index (χ4v) is 2.34. The third-order valence-electron chi connectivity index (χ3n) is 3.62. The summed E-state index contributed by atoms with van der Waals surface area (Å²) in [6.45, 7) is -2.92. The van der Waals surface area contributed by atoms with E-state index in [-0.39, 0.29) is 35.0 Å². The summed E-state index contributed by atoms with van der Waals surface area (Å²) in [5.41, 5.74) is 0.754. The van der Waals surface area contributed by atoms with Crippen molar-refractivity contribution in [3.63, 3.8) is 0 Å². The quantitative estimate of drug-likeness (QED) is 0.538. The van der Waals surface area contributed by atoms with E-state index >= 15 is 0 Å². The molecule has 27 heavy (non-hydrogen) atoms. The largest absolute Gasteiger partial charge is 0.493 e. The molecule has 8 nitrogen and oxygen atoms in total. The van der Waals surface area contributed by atoms with E-state index in [9.17, 15) is 23.7 Å². The number of hydrogen-bond acceptors (Lipinski definition) is 6. The van der Waals surface area contributed by atoms with Gasteiger partial charge in [0.2, 0.25) is 0 Å². The lowest BCUT2D eigenvalue weighted by Gasteiger charge is -2.12. The molecule has 0 saturated carbocycles.